The quantitative estimate of drug-likeness (QED) is 0.160. The summed E-state index contributed by atoms with van der Waals surface area (Å²) in [6, 6.07) is 63.3. The molecule has 11 rings (SSSR count). The van der Waals surface area contributed by atoms with Gasteiger partial charge in [0.25, 0.3) is 0 Å². The predicted molar refractivity (Wildman–Crippen MR) is 248 cm³/mol. The number of H-pyrrole nitrogens is 1. The largest absolute Gasteiger partial charge is 0.355 e. The van der Waals surface area contributed by atoms with E-state index in [9.17, 15) is 0 Å². The maximum atomic E-state index is 3.71. The Hall–Kier alpha value is -6.84. The molecule has 3 aromatic heterocycles. The third-order valence-corrected chi connectivity index (χ3v) is 12.7. The lowest BCUT2D eigenvalue weighted by Gasteiger charge is -2.17. The van der Waals surface area contributed by atoms with Crippen molar-refractivity contribution in [1.82, 2.24) is 14.1 Å². The van der Waals surface area contributed by atoms with Crippen LogP contribution in [0.25, 0.3) is 99.0 Å². The average molecular weight is 748 g/mol. The summed E-state index contributed by atoms with van der Waals surface area (Å²) < 4.78 is 4.94. The highest BCUT2D eigenvalue weighted by Gasteiger charge is 2.19. The maximum Gasteiger partial charge on any atom is 0.0541 e. The van der Waals surface area contributed by atoms with Crippen LogP contribution in [0.4, 0.5) is 0 Å². The molecule has 0 aliphatic heterocycles. The Labute approximate surface area is 338 Å². The maximum absolute atomic E-state index is 3.71. The zero-order chi connectivity index (χ0) is 38.9. The summed E-state index contributed by atoms with van der Waals surface area (Å²) in [6.45, 7) is 6.87. The second-order valence-electron chi connectivity index (χ2n) is 16.1. The number of benzene rings is 8. The molecule has 11 aromatic rings. The Balaban J connectivity index is 1.03. The first-order valence-corrected chi connectivity index (χ1v) is 20.9. The van der Waals surface area contributed by atoms with Crippen molar-refractivity contribution in [3.8, 4) is 33.6 Å². The molecule has 0 saturated heterocycles. The van der Waals surface area contributed by atoms with E-state index in [4.69, 9.17) is 0 Å². The van der Waals surface area contributed by atoms with Crippen molar-refractivity contribution in [1.29, 1.82) is 0 Å². The lowest BCUT2D eigenvalue weighted by molar-refractivity contribution is 0.728. The van der Waals surface area contributed by atoms with Crippen molar-refractivity contribution >= 4 is 65.4 Å². The zero-order valence-corrected chi connectivity index (χ0v) is 33.3. The van der Waals surface area contributed by atoms with Crippen molar-refractivity contribution < 1.29 is 0 Å². The Bertz CT molecular complexity index is 3370. The number of para-hydroxylation sites is 4. The number of aromatic nitrogens is 3. The van der Waals surface area contributed by atoms with Gasteiger partial charge < -0.3 is 14.1 Å². The van der Waals surface area contributed by atoms with Crippen LogP contribution in [0.1, 0.15) is 50.7 Å². The van der Waals surface area contributed by atoms with Gasteiger partial charge in [-0.25, -0.2) is 0 Å². The summed E-state index contributed by atoms with van der Waals surface area (Å²) in [6.07, 6.45) is 3.28. The van der Waals surface area contributed by atoms with Crippen LogP contribution in [-0.4, -0.2) is 14.1 Å². The van der Waals surface area contributed by atoms with Crippen molar-refractivity contribution in [3.05, 3.63) is 181 Å². The highest BCUT2D eigenvalue weighted by molar-refractivity contribution is 6.14. The second-order valence-corrected chi connectivity index (χ2v) is 16.1. The molecule has 58 heavy (non-hydrogen) atoms. The van der Waals surface area contributed by atoms with Gasteiger partial charge in [-0.15, -0.1) is 0 Å². The van der Waals surface area contributed by atoms with Crippen LogP contribution >= 0.6 is 0 Å². The van der Waals surface area contributed by atoms with Crippen molar-refractivity contribution in [2.45, 2.75) is 46.0 Å². The van der Waals surface area contributed by atoms with E-state index in [0.717, 1.165) is 30.3 Å². The van der Waals surface area contributed by atoms with Gasteiger partial charge in [0.2, 0.25) is 0 Å². The van der Waals surface area contributed by atoms with Gasteiger partial charge in [0.1, 0.15) is 0 Å². The van der Waals surface area contributed by atoms with Gasteiger partial charge in [-0.05, 0) is 125 Å². The molecular formula is C55H45N3. The van der Waals surface area contributed by atoms with Crippen LogP contribution in [-0.2, 0) is 6.42 Å². The molecule has 1 atom stereocenters. The minimum atomic E-state index is 0.471. The molecule has 0 bridgehead atoms. The summed E-state index contributed by atoms with van der Waals surface area (Å²) in [4.78, 5) is 3.71. The van der Waals surface area contributed by atoms with Gasteiger partial charge in [-0.3, -0.25) is 0 Å². The fourth-order valence-corrected chi connectivity index (χ4v) is 9.62. The summed E-state index contributed by atoms with van der Waals surface area (Å²) in [5.74, 6) is 0.471. The van der Waals surface area contributed by atoms with Gasteiger partial charge in [0, 0.05) is 54.7 Å². The van der Waals surface area contributed by atoms with Crippen LogP contribution in [0.15, 0.2) is 170 Å². The van der Waals surface area contributed by atoms with Crippen molar-refractivity contribution in [2.24, 2.45) is 0 Å². The third kappa shape index (κ3) is 5.34. The minimum absolute atomic E-state index is 0.471. The summed E-state index contributed by atoms with van der Waals surface area (Å²) in [7, 11) is 0. The Morgan fingerprint density at radius 2 is 0.879 bits per heavy atom. The normalized spacial score (nSPS) is 12.5. The number of aryl methyl sites for hydroxylation is 1. The van der Waals surface area contributed by atoms with E-state index in [2.05, 4.69) is 205 Å². The molecule has 1 unspecified atom stereocenters. The average Bonchev–Trinajstić information content (AvgIpc) is 3.93. The molecule has 3 nitrogen and oxygen atoms in total. The van der Waals surface area contributed by atoms with E-state index >= 15 is 0 Å². The molecule has 3 heteroatoms. The molecular weight excluding hydrogens is 703 g/mol. The standard InChI is InChI=1S/C55H45N3/c1-4-14-36-15-6-10-19-50(36)57-52-21-12-8-17-42(52)46-33-39(25-29-54(46)57)37-23-27-48-44(31-37)45-32-38(24-28-49(45)56-48)40-26-30-55-47(34-40)43-18-9-13-22-53(43)58(55)51-20-11-7-16-41(51)35(3)5-2/h6-13,15-35,56H,4-5,14H2,1-3H3. The van der Waals surface area contributed by atoms with Crippen molar-refractivity contribution in [3.63, 3.8) is 0 Å². The summed E-state index contributed by atoms with van der Waals surface area (Å²) in [5.41, 5.74) is 17.5. The number of rotatable bonds is 8. The number of aromatic amines is 1. The van der Waals surface area contributed by atoms with Gasteiger partial charge >= 0.3 is 0 Å². The Morgan fingerprint density at radius 1 is 0.431 bits per heavy atom. The predicted octanol–water partition coefficient (Wildman–Crippen LogP) is 15.3. The topological polar surface area (TPSA) is 25.6 Å². The van der Waals surface area contributed by atoms with Crippen LogP contribution in [0, 0.1) is 0 Å². The van der Waals surface area contributed by atoms with E-state index in [0.29, 0.717) is 5.92 Å². The number of hydrogen-bond donors (Lipinski definition) is 1. The van der Waals surface area contributed by atoms with E-state index in [1.54, 1.807) is 0 Å². The first-order valence-electron chi connectivity index (χ1n) is 20.9. The lowest BCUT2D eigenvalue weighted by atomic mass is 9.96. The van der Waals surface area contributed by atoms with Crippen molar-refractivity contribution in [2.75, 3.05) is 0 Å². The van der Waals surface area contributed by atoms with Gasteiger partial charge in [0.15, 0.2) is 0 Å². The van der Waals surface area contributed by atoms with E-state index in [1.807, 2.05) is 0 Å². The van der Waals surface area contributed by atoms with Gasteiger partial charge in [0.05, 0.1) is 22.1 Å². The zero-order valence-electron chi connectivity index (χ0n) is 33.3. The number of fused-ring (bicyclic) bond motifs is 9. The molecule has 0 fully saturated rings. The smallest absolute Gasteiger partial charge is 0.0541 e. The molecule has 0 saturated carbocycles. The fourth-order valence-electron chi connectivity index (χ4n) is 9.62. The first-order chi connectivity index (χ1) is 28.6. The third-order valence-electron chi connectivity index (χ3n) is 12.7. The summed E-state index contributed by atoms with van der Waals surface area (Å²) in [5, 5.41) is 7.60. The highest BCUT2D eigenvalue weighted by Crippen LogP contribution is 2.40. The monoisotopic (exact) mass is 747 g/mol. The molecule has 0 aliphatic rings. The SMILES string of the molecule is CCCc1ccccc1-n1c2ccccc2c2cc(-c3ccc4[nH]c5ccc(-c6ccc7c(c6)c6ccccc6n7-c6ccccc6C(C)CC)cc5c4c3)ccc21. The Kier molecular flexibility index (Phi) is 8.11. The Morgan fingerprint density at radius 3 is 1.45 bits per heavy atom. The van der Waals surface area contributed by atoms with Crippen LogP contribution in [0.5, 0.6) is 0 Å². The molecule has 0 amide bonds. The van der Waals surface area contributed by atoms with Crippen LogP contribution in [0.3, 0.4) is 0 Å². The minimum Gasteiger partial charge on any atom is -0.355 e. The highest BCUT2D eigenvalue weighted by atomic mass is 15.0. The van der Waals surface area contributed by atoms with Gasteiger partial charge in [-0.1, -0.05) is 124 Å². The molecule has 1 N–H and O–H groups in total. The molecule has 0 spiro atoms. The molecule has 3 heterocycles. The lowest BCUT2D eigenvalue weighted by Crippen LogP contribution is -2.02. The molecule has 280 valence electrons. The van der Waals surface area contributed by atoms with E-state index in [1.165, 1.54) is 99.1 Å². The number of nitrogens with zero attached hydrogens (tertiary/aromatic N) is 2. The van der Waals surface area contributed by atoms with Crippen LogP contribution in [0.2, 0.25) is 0 Å². The molecule has 0 aliphatic carbocycles. The summed E-state index contributed by atoms with van der Waals surface area (Å²) >= 11 is 0. The molecule has 0 radical (unpaired) electrons. The fraction of sp³-hybridized carbons (Fsp3) is 0.127. The second kappa shape index (κ2) is 13.7. The van der Waals surface area contributed by atoms with Crippen LogP contribution < -0.4 is 0 Å². The molecule has 8 aromatic carbocycles. The number of nitrogens with one attached hydrogen (secondary N) is 1. The van der Waals surface area contributed by atoms with Gasteiger partial charge in [-0.2, -0.15) is 0 Å². The number of hydrogen-bond acceptors (Lipinski definition) is 0. The van der Waals surface area contributed by atoms with E-state index < -0.39 is 0 Å². The van der Waals surface area contributed by atoms with E-state index in [-0.39, 0.29) is 0 Å². The first kappa shape index (κ1) is 34.4.